The smallest absolute Gasteiger partial charge is 0.193 e. The van der Waals surface area contributed by atoms with Gasteiger partial charge in [-0.2, -0.15) is 0 Å². The summed E-state index contributed by atoms with van der Waals surface area (Å²) < 4.78 is 2.22. The molecule has 0 bridgehead atoms. The van der Waals surface area contributed by atoms with Gasteiger partial charge < -0.3 is 0 Å². The molecule has 1 saturated heterocycles. The average molecular weight is 367 g/mol. The first-order chi connectivity index (χ1) is 12.8. The van der Waals surface area contributed by atoms with Gasteiger partial charge in [0.05, 0.1) is 0 Å². The van der Waals surface area contributed by atoms with Gasteiger partial charge >= 0.3 is 0 Å². The molecule has 5 heteroatoms. The van der Waals surface area contributed by atoms with Crippen molar-refractivity contribution in [1.29, 1.82) is 0 Å². The van der Waals surface area contributed by atoms with Gasteiger partial charge in [-0.25, -0.2) is 4.98 Å². The summed E-state index contributed by atoms with van der Waals surface area (Å²) in [6.07, 6.45) is 6.55. The Morgan fingerprint density at radius 1 is 1.19 bits per heavy atom. The van der Waals surface area contributed by atoms with Crippen molar-refractivity contribution in [3.8, 4) is 5.13 Å². The van der Waals surface area contributed by atoms with Crippen molar-refractivity contribution >= 4 is 11.3 Å². The summed E-state index contributed by atoms with van der Waals surface area (Å²) in [4.78, 5) is 9.56. The van der Waals surface area contributed by atoms with Crippen LogP contribution < -0.4 is 0 Å². The zero-order valence-electron chi connectivity index (χ0n) is 15.3. The lowest BCUT2D eigenvalue weighted by Gasteiger charge is -2.37. The number of benzene rings is 1. The molecule has 3 aromatic rings. The number of aromatic nitrogens is 2. The molecule has 2 aromatic heterocycles. The van der Waals surface area contributed by atoms with Crippen LogP contribution in [0.3, 0.4) is 0 Å². The van der Waals surface area contributed by atoms with Gasteiger partial charge in [-0.05, 0) is 44.1 Å². The standard InChI is InChI=1S/C21H26N4S/c1-23(15-18-7-3-2-4-8-18)19-9-5-12-24(16-19)17-20-10-6-13-25(20)21-22-11-14-26-21/h2-4,6-8,10-11,13-14,19H,5,9,12,15-17H2,1H3. The van der Waals surface area contributed by atoms with E-state index < -0.39 is 0 Å². The van der Waals surface area contributed by atoms with E-state index >= 15 is 0 Å². The summed E-state index contributed by atoms with van der Waals surface area (Å²) in [7, 11) is 2.26. The van der Waals surface area contributed by atoms with Crippen LogP contribution >= 0.6 is 11.3 Å². The zero-order chi connectivity index (χ0) is 17.8. The third kappa shape index (κ3) is 4.06. The molecule has 0 aliphatic carbocycles. The molecule has 1 aliphatic heterocycles. The Morgan fingerprint density at radius 3 is 2.88 bits per heavy atom. The van der Waals surface area contributed by atoms with Crippen LogP contribution in [0.5, 0.6) is 0 Å². The van der Waals surface area contributed by atoms with Crippen LogP contribution in [-0.2, 0) is 13.1 Å². The van der Waals surface area contributed by atoms with Crippen molar-refractivity contribution < 1.29 is 0 Å². The third-order valence-corrected chi connectivity index (χ3v) is 5.99. The molecule has 136 valence electrons. The van der Waals surface area contributed by atoms with E-state index in [1.54, 1.807) is 11.3 Å². The van der Waals surface area contributed by atoms with Gasteiger partial charge in [0.2, 0.25) is 0 Å². The number of likely N-dealkylation sites (N-methyl/N-ethyl adjacent to an activating group) is 1. The van der Waals surface area contributed by atoms with Crippen molar-refractivity contribution in [2.75, 3.05) is 20.1 Å². The molecule has 0 saturated carbocycles. The van der Waals surface area contributed by atoms with Gasteiger partial charge in [0.15, 0.2) is 5.13 Å². The van der Waals surface area contributed by atoms with Gasteiger partial charge in [-0.1, -0.05) is 30.3 Å². The van der Waals surface area contributed by atoms with E-state index in [1.807, 2.05) is 11.6 Å². The van der Waals surface area contributed by atoms with Gasteiger partial charge in [0.25, 0.3) is 0 Å². The second kappa shape index (κ2) is 8.16. The van der Waals surface area contributed by atoms with Crippen LogP contribution in [0, 0.1) is 0 Å². The SMILES string of the molecule is CN(Cc1ccccc1)C1CCCN(Cc2cccn2-c2nccs2)C1. The fourth-order valence-electron chi connectivity index (χ4n) is 3.83. The van der Waals surface area contributed by atoms with E-state index in [-0.39, 0.29) is 0 Å². The number of likely N-dealkylation sites (tertiary alicyclic amines) is 1. The summed E-state index contributed by atoms with van der Waals surface area (Å²) in [5.41, 5.74) is 2.72. The number of hydrogen-bond acceptors (Lipinski definition) is 4. The average Bonchev–Trinajstić information content (AvgIpc) is 3.34. The number of nitrogens with zero attached hydrogens (tertiary/aromatic N) is 4. The van der Waals surface area contributed by atoms with Crippen molar-refractivity contribution in [3.05, 3.63) is 71.5 Å². The van der Waals surface area contributed by atoms with Gasteiger partial charge in [-0.15, -0.1) is 11.3 Å². The molecule has 0 spiro atoms. The van der Waals surface area contributed by atoms with Crippen molar-refractivity contribution in [2.45, 2.75) is 32.0 Å². The number of piperidine rings is 1. The third-order valence-electron chi connectivity index (χ3n) is 5.22. The molecule has 1 fully saturated rings. The molecule has 3 heterocycles. The molecule has 1 atom stereocenters. The lowest BCUT2D eigenvalue weighted by Crippen LogP contribution is -2.45. The summed E-state index contributed by atoms with van der Waals surface area (Å²) in [6, 6.07) is 15.7. The maximum absolute atomic E-state index is 4.46. The van der Waals surface area contributed by atoms with Gasteiger partial charge in [0, 0.05) is 49.1 Å². The molecule has 1 aromatic carbocycles. The Bertz CT molecular complexity index is 797. The van der Waals surface area contributed by atoms with Crippen LogP contribution in [0.25, 0.3) is 5.13 Å². The van der Waals surface area contributed by atoms with Crippen molar-refractivity contribution in [1.82, 2.24) is 19.4 Å². The topological polar surface area (TPSA) is 24.3 Å². The maximum Gasteiger partial charge on any atom is 0.193 e. The highest BCUT2D eigenvalue weighted by atomic mass is 32.1. The Kier molecular flexibility index (Phi) is 5.48. The first-order valence-electron chi connectivity index (χ1n) is 9.32. The Labute approximate surface area is 159 Å². The van der Waals surface area contributed by atoms with E-state index in [2.05, 4.69) is 75.1 Å². The van der Waals surface area contributed by atoms with E-state index in [0.29, 0.717) is 6.04 Å². The number of thiazole rings is 1. The van der Waals surface area contributed by atoms with Crippen LogP contribution in [0.1, 0.15) is 24.1 Å². The number of rotatable bonds is 6. The lowest BCUT2D eigenvalue weighted by atomic mass is 10.0. The van der Waals surface area contributed by atoms with Gasteiger partial charge in [-0.3, -0.25) is 14.4 Å². The second-order valence-electron chi connectivity index (χ2n) is 7.12. The largest absolute Gasteiger partial charge is 0.298 e. The molecular formula is C21H26N4S. The zero-order valence-corrected chi connectivity index (χ0v) is 16.1. The lowest BCUT2D eigenvalue weighted by molar-refractivity contribution is 0.106. The first kappa shape index (κ1) is 17.5. The van der Waals surface area contributed by atoms with Crippen LogP contribution in [0.4, 0.5) is 0 Å². The highest BCUT2D eigenvalue weighted by Crippen LogP contribution is 2.21. The molecule has 1 aliphatic rings. The fraction of sp³-hybridized carbons (Fsp3) is 0.381. The normalized spacial score (nSPS) is 18.5. The van der Waals surface area contributed by atoms with Crippen LogP contribution in [0.15, 0.2) is 60.2 Å². The minimum Gasteiger partial charge on any atom is -0.298 e. The predicted molar refractivity (Wildman–Crippen MR) is 108 cm³/mol. The quantitative estimate of drug-likeness (QED) is 0.658. The van der Waals surface area contributed by atoms with E-state index in [1.165, 1.54) is 30.6 Å². The summed E-state index contributed by atoms with van der Waals surface area (Å²) in [5.74, 6) is 0. The Hall–Kier alpha value is -1.95. The highest BCUT2D eigenvalue weighted by Gasteiger charge is 2.24. The molecule has 0 amide bonds. The van der Waals surface area contributed by atoms with Gasteiger partial charge in [0.1, 0.15) is 0 Å². The van der Waals surface area contributed by atoms with Crippen molar-refractivity contribution in [2.24, 2.45) is 0 Å². The Balaban J connectivity index is 1.39. The van der Waals surface area contributed by atoms with E-state index in [0.717, 1.165) is 24.8 Å². The minimum absolute atomic E-state index is 0.618. The van der Waals surface area contributed by atoms with Crippen LogP contribution in [0.2, 0.25) is 0 Å². The van der Waals surface area contributed by atoms with Crippen molar-refractivity contribution in [3.63, 3.8) is 0 Å². The number of hydrogen-bond donors (Lipinski definition) is 0. The molecule has 0 N–H and O–H groups in total. The maximum atomic E-state index is 4.46. The second-order valence-corrected chi connectivity index (χ2v) is 7.99. The van der Waals surface area contributed by atoms with Crippen LogP contribution in [-0.4, -0.2) is 45.5 Å². The molecule has 4 rings (SSSR count). The highest BCUT2D eigenvalue weighted by molar-refractivity contribution is 7.12. The molecule has 26 heavy (non-hydrogen) atoms. The summed E-state index contributed by atoms with van der Waals surface area (Å²) in [6.45, 7) is 4.32. The van der Waals surface area contributed by atoms with E-state index in [4.69, 9.17) is 0 Å². The predicted octanol–water partition coefficient (Wildman–Crippen LogP) is 4.03. The molecule has 0 radical (unpaired) electrons. The summed E-state index contributed by atoms with van der Waals surface area (Å²) in [5, 5.41) is 3.09. The minimum atomic E-state index is 0.618. The molecular weight excluding hydrogens is 340 g/mol. The van der Waals surface area contributed by atoms with E-state index in [9.17, 15) is 0 Å². The molecule has 4 nitrogen and oxygen atoms in total. The monoisotopic (exact) mass is 366 g/mol. The molecule has 1 unspecified atom stereocenters. The first-order valence-corrected chi connectivity index (χ1v) is 10.2. The fourth-order valence-corrected chi connectivity index (χ4v) is 4.49. The summed E-state index contributed by atoms with van der Waals surface area (Å²) >= 11 is 1.69. The Morgan fingerprint density at radius 2 is 2.08 bits per heavy atom.